The fourth-order valence-electron chi connectivity index (χ4n) is 2.70. The molecule has 0 heterocycles. The summed E-state index contributed by atoms with van der Waals surface area (Å²) in [5.41, 5.74) is 5.39. The van der Waals surface area contributed by atoms with E-state index >= 15 is 0 Å². The van der Waals surface area contributed by atoms with Crippen molar-refractivity contribution in [2.75, 3.05) is 18.9 Å². The van der Waals surface area contributed by atoms with Crippen LogP contribution in [0.3, 0.4) is 0 Å². The molecular weight excluding hydrogens is 459 g/mol. The van der Waals surface area contributed by atoms with Gasteiger partial charge < -0.3 is 16.0 Å². The van der Waals surface area contributed by atoms with Gasteiger partial charge in [0.15, 0.2) is 6.29 Å². The van der Waals surface area contributed by atoms with Crippen molar-refractivity contribution < 1.29 is 27.6 Å². The molecule has 0 fully saturated rings. The number of carbonyl (C=O) groups excluding carboxylic acids is 3. The lowest BCUT2D eigenvalue weighted by atomic mass is 10.0. The summed E-state index contributed by atoms with van der Waals surface area (Å²) in [6, 6.07) is 7.12. The summed E-state index contributed by atoms with van der Waals surface area (Å²) >= 11 is 6.20. The minimum Gasteiger partial charge on any atom is -0.371 e. The molecule has 0 aliphatic carbocycles. The number of amides is 2. The Morgan fingerprint density at radius 2 is 1.73 bits per heavy atom. The molecule has 10 heteroatoms. The summed E-state index contributed by atoms with van der Waals surface area (Å²) in [6.45, 7) is 3.93. The van der Waals surface area contributed by atoms with Crippen LogP contribution in [0, 0.1) is 0 Å². The second-order valence-corrected chi connectivity index (χ2v) is 7.07. The van der Waals surface area contributed by atoms with E-state index in [4.69, 9.17) is 17.3 Å². The van der Waals surface area contributed by atoms with E-state index in [0.717, 1.165) is 12.1 Å². The van der Waals surface area contributed by atoms with Crippen LogP contribution in [0.4, 0.5) is 18.9 Å². The first-order valence-electron chi connectivity index (χ1n) is 9.91. The first kappa shape index (κ1) is 27.7. The third-order valence-corrected chi connectivity index (χ3v) is 4.48. The predicted molar refractivity (Wildman–Crippen MR) is 123 cm³/mol. The quantitative estimate of drug-likeness (QED) is 0.529. The lowest BCUT2D eigenvalue weighted by molar-refractivity contribution is -0.137. The number of aldehydes is 1. The molecule has 0 unspecified atom stereocenters. The zero-order chi connectivity index (χ0) is 25.2. The fraction of sp³-hybridized carbons (Fsp3) is 0.261. The number of carbonyl (C=O) groups is 3. The van der Waals surface area contributed by atoms with Crippen molar-refractivity contribution in [3.8, 4) is 0 Å². The second-order valence-electron chi connectivity index (χ2n) is 6.66. The predicted octanol–water partition coefficient (Wildman–Crippen LogP) is 4.77. The van der Waals surface area contributed by atoms with E-state index in [-0.39, 0.29) is 29.2 Å². The van der Waals surface area contributed by atoms with Gasteiger partial charge in [-0.25, -0.2) is 0 Å². The van der Waals surface area contributed by atoms with Crippen molar-refractivity contribution in [2.45, 2.75) is 26.4 Å². The normalized spacial score (nSPS) is 10.9. The molecular formula is C23H25ClF3N3O3. The van der Waals surface area contributed by atoms with Crippen molar-refractivity contribution in [3.05, 3.63) is 69.9 Å². The molecule has 0 atom stereocenters. The zero-order valence-corrected chi connectivity index (χ0v) is 19.1. The van der Waals surface area contributed by atoms with Crippen LogP contribution in [0.1, 0.15) is 40.9 Å². The summed E-state index contributed by atoms with van der Waals surface area (Å²) < 4.78 is 38.0. The number of nitrogens with one attached hydrogen (secondary N) is 1. The number of hydrogen-bond acceptors (Lipinski definition) is 4. The molecule has 2 aromatic carbocycles. The maximum absolute atomic E-state index is 12.7. The lowest BCUT2D eigenvalue weighted by Crippen LogP contribution is -2.26. The smallest absolute Gasteiger partial charge is 0.371 e. The van der Waals surface area contributed by atoms with Crippen LogP contribution in [-0.4, -0.2) is 36.6 Å². The van der Waals surface area contributed by atoms with E-state index in [1.165, 1.54) is 41.4 Å². The molecule has 3 N–H and O–H groups in total. The van der Waals surface area contributed by atoms with E-state index in [1.54, 1.807) is 7.05 Å². The van der Waals surface area contributed by atoms with E-state index in [1.807, 2.05) is 13.8 Å². The number of benzene rings is 2. The number of nitrogens with zero attached hydrogens (tertiary/aromatic N) is 1. The standard InChI is InChI=1S/C21H19ClF3N3O3.C2H6/c1-28(11-18(26)30)9-8-16-14(12-29)4-7-17(22)20(16)27-19(31)10-13-2-5-15(6-3-13)21(23,24)25;1-2/h2-9,12H,10-11H2,1H3,(H2,26,30)(H,27,31);1-2H3/b9-8-;. The third kappa shape index (κ3) is 8.61. The van der Waals surface area contributed by atoms with E-state index in [0.29, 0.717) is 17.4 Å². The molecule has 178 valence electrons. The number of anilines is 1. The van der Waals surface area contributed by atoms with Gasteiger partial charge in [0, 0.05) is 18.2 Å². The van der Waals surface area contributed by atoms with Gasteiger partial charge in [0.1, 0.15) is 0 Å². The SMILES string of the molecule is CC.CN(/C=C\c1c(C=O)ccc(Cl)c1NC(=O)Cc1ccc(C(F)(F)F)cc1)CC(N)=O. The monoisotopic (exact) mass is 483 g/mol. The second kappa shape index (κ2) is 12.6. The van der Waals surface area contributed by atoms with Crippen LogP contribution >= 0.6 is 11.6 Å². The van der Waals surface area contributed by atoms with Gasteiger partial charge in [0.05, 0.1) is 29.2 Å². The van der Waals surface area contributed by atoms with Crippen molar-refractivity contribution in [3.63, 3.8) is 0 Å². The van der Waals surface area contributed by atoms with Gasteiger partial charge in [-0.2, -0.15) is 13.2 Å². The molecule has 2 aromatic rings. The number of likely N-dealkylation sites (N-methyl/N-ethyl adjacent to an activating group) is 1. The highest BCUT2D eigenvalue weighted by Crippen LogP contribution is 2.31. The molecule has 2 amide bonds. The van der Waals surface area contributed by atoms with Crippen LogP contribution in [0.2, 0.25) is 5.02 Å². The van der Waals surface area contributed by atoms with Crippen LogP contribution in [-0.2, 0) is 22.2 Å². The third-order valence-electron chi connectivity index (χ3n) is 4.17. The molecule has 0 radical (unpaired) electrons. The maximum Gasteiger partial charge on any atom is 0.416 e. The molecule has 0 aliphatic rings. The van der Waals surface area contributed by atoms with Gasteiger partial charge >= 0.3 is 6.18 Å². The fourth-order valence-corrected chi connectivity index (χ4v) is 2.91. The Morgan fingerprint density at radius 1 is 1.12 bits per heavy atom. The van der Waals surface area contributed by atoms with Gasteiger partial charge in [0.25, 0.3) is 0 Å². The van der Waals surface area contributed by atoms with Gasteiger partial charge in [0.2, 0.25) is 11.8 Å². The van der Waals surface area contributed by atoms with Crippen molar-refractivity contribution >= 4 is 41.5 Å². The highest BCUT2D eigenvalue weighted by Gasteiger charge is 2.30. The largest absolute Gasteiger partial charge is 0.416 e. The highest BCUT2D eigenvalue weighted by molar-refractivity contribution is 6.34. The van der Waals surface area contributed by atoms with Gasteiger partial charge in [-0.15, -0.1) is 0 Å². The molecule has 0 aromatic heterocycles. The Kier molecular flexibility index (Phi) is 10.6. The van der Waals surface area contributed by atoms with Gasteiger partial charge in [-0.3, -0.25) is 14.4 Å². The Balaban J connectivity index is 0.00000265. The summed E-state index contributed by atoms with van der Waals surface area (Å²) in [6.07, 6.45) is -1.10. The van der Waals surface area contributed by atoms with E-state index < -0.39 is 23.6 Å². The number of halogens is 4. The Labute approximate surface area is 195 Å². The summed E-state index contributed by atoms with van der Waals surface area (Å²) in [5, 5.41) is 2.75. The first-order chi connectivity index (χ1) is 15.5. The number of primary amides is 1. The number of hydrogen-bond donors (Lipinski definition) is 2. The molecule has 33 heavy (non-hydrogen) atoms. The topological polar surface area (TPSA) is 92.5 Å². The number of alkyl halides is 3. The van der Waals surface area contributed by atoms with E-state index in [9.17, 15) is 27.6 Å². The summed E-state index contributed by atoms with van der Waals surface area (Å²) in [7, 11) is 1.59. The Bertz CT molecular complexity index is 1010. The van der Waals surface area contributed by atoms with Crippen LogP contribution in [0.5, 0.6) is 0 Å². The molecule has 6 nitrogen and oxygen atoms in total. The molecule has 0 aliphatic heterocycles. The van der Waals surface area contributed by atoms with Crippen LogP contribution in [0.25, 0.3) is 6.08 Å². The lowest BCUT2D eigenvalue weighted by Gasteiger charge is -2.15. The molecule has 0 saturated carbocycles. The minimum atomic E-state index is -4.47. The number of nitrogens with two attached hydrogens (primary N) is 1. The average Bonchev–Trinajstić information content (AvgIpc) is 2.74. The maximum atomic E-state index is 12.7. The minimum absolute atomic E-state index is 0.0664. The molecule has 0 spiro atoms. The molecule has 2 rings (SSSR count). The Hall–Kier alpha value is -3.33. The van der Waals surface area contributed by atoms with Crippen LogP contribution < -0.4 is 11.1 Å². The first-order valence-corrected chi connectivity index (χ1v) is 10.3. The highest BCUT2D eigenvalue weighted by atomic mass is 35.5. The van der Waals surface area contributed by atoms with Gasteiger partial charge in [-0.1, -0.05) is 37.6 Å². The Morgan fingerprint density at radius 3 is 2.24 bits per heavy atom. The van der Waals surface area contributed by atoms with Crippen molar-refractivity contribution in [1.82, 2.24) is 4.90 Å². The van der Waals surface area contributed by atoms with Gasteiger partial charge in [-0.05, 0) is 42.1 Å². The number of rotatable bonds is 8. The van der Waals surface area contributed by atoms with Crippen LogP contribution in [0.15, 0.2) is 42.6 Å². The average molecular weight is 484 g/mol. The summed E-state index contributed by atoms with van der Waals surface area (Å²) in [5.74, 6) is -1.09. The zero-order valence-electron chi connectivity index (χ0n) is 18.4. The summed E-state index contributed by atoms with van der Waals surface area (Å²) in [4.78, 5) is 36.4. The van der Waals surface area contributed by atoms with Crippen molar-refractivity contribution in [1.29, 1.82) is 0 Å². The molecule has 0 bridgehead atoms. The van der Waals surface area contributed by atoms with Crippen molar-refractivity contribution in [2.24, 2.45) is 5.73 Å². The molecule has 0 saturated heterocycles. The van der Waals surface area contributed by atoms with E-state index in [2.05, 4.69) is 5.32 Å².